The lowest BCUT2D eigenvalue weighted by atomic mass is 10.0. The number of hydrogen-bond acceptors (Lipinski definition) is 4. The van der Waals surface area contributed by atoms with Crippen molar-refractivity contribution in [3.05, 3.63) is 98.4 Å². The predicted molar refractivity (Wildman–Crippen MR) is 165 cm³/mol. The smallest absolute Gasteiger partial charge is 0.244 e. The Hall–Kier alpha value is -2.59. The maximum absolute atomic E-state index is 14.1. The van der Waals surface area contributed by atoms with Crippen LogP contribution in [-0.2, 0) is 32.6 Å². The van der Waals surface area contributed by atoms with E-state index in [1.807, 2.05) is 44.2 Å². The molecule has 1 N–H and O–H groups in total. The Morgan fingerprint density at radius 2 is 1.70 bits per heavy atom. The van der Waals surface area contributed by atoms with Crippen molar-refractivity contribution < 1.29 is 18.0 Å². The van der Waals surface area contributed by atoms with Crippen molar-refractivity contribution in [3.8, 4) is 0 Å². The molecular formula is C29H32BrCl2N3O4S. The van der Waals surface area contributed by atoms with Gasteiger partial charge in [-0.05, 0) is 54.8 Å². The van der Waals surface area contributed by atoms with Crippen molar-refractivity contribution in [2.75, 3.05) is 17.1 Å². The van der Waals surface area contributed by atoms with Crippen LogP contribution in [0, 0.1) is 0 Å². The molecule has 0 heterocycles. The highest BCUT2D eigenvalue weighted by Gasteiger charge is 2.33. The summed E-state index contributed by atoms with van der Waals surface area (Å²) in [5, 5.41) is 3.75. The first-order valence-corrected chi connectivity index (χ1v) is 16.1. The molecule has 40 heavy (non-hydrogen) atoms. The quantitative estimate of drug-likeness (QED) is 0.254. The van der Waals surface area contributed by atoms with E-state index in [1.54, 1.807) is 42.5 Å². The minimum absolute atomic E-state index is 0.0314. The Morgan fingerprint density at radius 3 is 2.30 bits per heavy atom. The van der Waals surface area contributed by atoms with Crippen molar-refractivity contribution >= 4 is 66.7 Å². The average Bonchev–Trinajstić information content (AvgIpc) is 2.90. The number of hydrogen-bond donors (Lipinski definition) is 1. The second kappa shape index (κ2) is 14.3. The van der Waals surface area contributed by atoms with E-state index < -0.39 is 28.5 Å². The molecule has 0 aliphatic rings. The van der Waals surface area contributed by atoms with Crippen molar-refractivity contribution in [2.24, 2.45) is 0 Å². The van der Waals surface area contributed by atoms with Crippen LogP contribution in [0.5, 0.6) is 0 Å². The molecule has 7 nitrogen and oxygen atoms in total. The third kappa shape index (κ3) is 8.96. The van der Waals surface area contributed by atoms with E-state index in [-0.39, 0.29) is 24.9 Å². The zero-order chi connectivity index (χ0) is 29.4. The molecule has 0 saturated heterocycles. The molecule has 0 bridgehead atoms. The molecule has 0 aromatic heterocycles. The van der Waals surface area contributed by atoms with E-state index in [1.165, 1.54) is 4.90 Å². The molecule has 0 unspecified atom stereocenters. The standard InChI is InChI=1S/C29H32BrCl2N3O4S/c1-4-20(2)33-29(37)27(15-21-9-6-5-7-10-21)34(18-22-13-14-24(31)17-26(22)32)28(36)19-35(40(3,38)39)25-12-8-11-23(30)16-25/h5-14,16-17,20,27H,4,15,18-19H2,1-3H3,(H,33,37)/t20-,27-/m1/s1. The van der Waals surface area contributed by atoms with Crippen LogP contribution in [0.1, 0.15) is 31.4 Å². The van der Waals surface area contributed by atoms with Crippen LogP contribution in [0.3, 0.4) is 0 Å². The zero-order valence-electron chi connectivity index (χ0n) is 22.5. The van der Waals surface area contributed by atoms with Gasteiger partial charge in [-0.1, -0.05) is 88.5 Å². The Bertz CT molecular complexity index is 1440. The summed E-state index contributed by atoms with van der Waals surface area (Å²) in [5.41, 5.74) is 1.74. The van der Waals surface area contributed by atoms with E-state index in [0.29, 0.717) is 32.2 Å². The Morgan fingerprint density at radius 1 is 1.00 bits per heavy atom. The number of carbonyl (C=O) groups is 2. The molecule has 0 saturated carbocycles. The van der Waals surface area contributed by atoms with Crippen LogP contribution in [-0.4, -0.2) is 50.0 Å². The Balaban J connectivity index is 2.09. The van der Waals surface area contributed by atoms with Gasteiger partial charge in [0.1, 0.15) is 12.6 Å². The van der Waals surface area contributed by atoms with Gasteiger partial charge in [0, 0.05) is 33.5 Å². The van der Waals surface area contributed by atoms with Crippen molar-refractivity contribution in [1.82, 2.24) is 10.2 Å². The fourth-order valence-corrected chi connectivity index (χ4v) is 5.77. The maximum atomic E-state index is 14.1. The SMILES string of the molecule is CC[C@@H](C)NC(=O)[C@@H](Cc1ccccc1)N(Cc1ccc(Cl)cc1Cl)C(=O)CN(c1cccc(Br)c1)S(C)(=O)=O. The van der Waals surface area contributed by atoms with Crippen LogP contribution < -0.4 is 9.62 Å². The first-order valence-electron chi connectivity index (χ1n) is 12.7. The number of nitrogens with one attached hydrogen (secondary N) is 1. The van der Waals surface area contributed by atoms with E-state index in [2.05, 4.69) is 21.2 Å². The summed E-state index contributed by atoms with van der Waals surface area (Å²) in [4.78, 5) is 29.2. The number of benzene rings is 3. The molecule has 0 spiro atoms. The van der Waals surface area contributed by atoms with Gasteiger partial charge in [0.05, 0.1) is 11.9 Å². The lowest BCUT2D eigenvalue weighted by molar-refractivity contribution is -0.140. The summed E-state index contributed by atoms with van der Waals surface area (Å²) in [6.45, 7) is 3.30. The summed E-state index contributed by atoms with van der Waals surface area (Å²) in [7, 11) is -3.86. The normalized spacial score (nSPS) is 12.8. The largest absolute Gasteiger partial charge is 0.352 e. The van der Waals surface area contributed by atoms with E-state index >= 15 is 0 Å². The highest BCUT2D eigenvalue weighted by molar-refractivity contribution is 9.10. The van der Waals surface area contributed by atoms with Gasteiger partial charge in [-0.25, -0.2) is 8.42 Å². The number of amides is 2. The minimum Gasteiger partial charge on any atom is -0.352 e. The predicted octanol–water partition coefficient (Wildman–Crippen LogP) is 6.08. The van der Waals surface area contributed by atoms with E-state index in [9.17, 15) is 18.0 Å². The van der Waals surface area contributed by atoms with Crippen LogP contribution in [0.15, 0.2) is 77.3 Å². The van der Waals surface area contributed by atoms with Gasteiger partial charge in [0.25, 0.3) is 0 Å². The fraction of sp³-hybridized carbons (Fsp3) is 0.310. The second-order valence-electron chi connectivity index (χ2n) is 9.53. The number of rotatable bonds is 12. The molecule has 2 amide bonds. The topological polar surface area (TPSA) is 86.8 Å². The molecule has 214 valence electrons. The van der Waals surface area contributed by atoms with Gasteiger partial charge in [-0.15, -0.1) is 0 Å². The van der Waals surface area contributed by atoms with Crippen LogP contribution >= 0.6 is 39.1 Å². The lowest BCUT2D eigenvalue weighted by Crippen LogP contribution is -2.54. The summed E-state index contributed by atoms with van der Waals surface area (Å²) in [6, 6.07) is 19.9. The summed E-state index contributed by atoms with van der Waals surface area (Å²) < 4.78 is 27.4. The average molecular weight is 669 g/mol. The molecule has 0 fully saturated rings. The van der Waals surface area contributed by atoms with Gasteiger partial charge in [0.15, 0.2) is 0 Å². The Kier molecular flexibility index (Phi) is 11.5. The zero-order valence-corrected chi connectivity index (χ0v) is 26.4. The number of halogens is 3. The number of carbonyl (C=O) groups excluding carboxylic acids is 2. The first kappa shape index (κ1) is 31.9. The fourth-order valence-electron chi connectivity index (χ4n) is 4.07. The minimum atomic E-state index is -3.86. The van der Waals surface area contributed by atoms with Crippen molar-refractivity contribution in [3.63, 3.8) is 0 Å². The summed E-state index contributed by atoms with van der Waals surface area (Å²) >= 11 is 16.0. The highest BCUT2D eigenvalue weighted by atomic mass is 79.9. The van der Waals surface area contributed by atoms with Gasteiger partial charge in [-0.3, -0.25) is 13.9 Å². The van der Waals surface area contributed by atoms with E-state index in [0.717, 1.165) is 16.1 Å². The van der Waals surface area contributed by atoms with Crippen molar-refractivity contribution in [2.45, 2.75) is 45.3 Å². The molecule has 0 radical (unpaired) electrons. The van der Waals surface area contributed by atoms with Crippen LogP contribution in [0.25, 0.3) is 0 Å². The molecule has 3 rings (SSSR count). The summed E-state index contributed by atoms with van der Waals surface area (Å²) in [6.07, 6.45) is 1.96. The molecule has 2 atom stereocenters. The monoisotopic (exact) mass is 667 g/mol. The van der Waals surface area contributed by atoms with Gasteiger partial charge in [-0.2, -0.15) is 0 Å². The first-order chi connectivity index (χ1) is 18.9. The molecule has 0 aliphatic heterocycles. The van der Waals surface area contributed by atoms with Gasteiger partial charge < -0.3 is 10.2 Å². The number of anilines is 1. The molecule has 11 heteroatoms. The third-order valence-electron chi connectivity index (χ3n) is 6.40. The second-order valence-corrected chi connectivity index (χ2v) is 13.2. The van der Waals surface area contributed by atoms with Crippen LogP contribution in [0.4, 0.5) is 5.69 Å². The molecule has 0 aliphatic carbocycles. The number of nitrogens with zero attached hydrogens (tertiary/aromatic N) is 2. The van der Waals surface area contributed by atoms with Gasteiger partial charge in [0.2, 0.25) is 21.8 Å². The molecular weight excluding hydrogens is 637 g/mol. The third-order valence-corrected chi connectivity index (χ3v) is 8.62. The summed E-state index contributed by atoms with van der Waals surface area (Å²) in [5.74, 6) is -0.901. The maximum Gasteiger partial charge on any atom is 0.244 e. The highest BCUT2D eigenvalue weighted by Crippen LogP contribution is 2.26. The number of sulfonamides is 1. The van der Waals surface area contributed by atoms with Gasteiger partial charge >= 0.3 is 0 Å². The van der Waals surface area contributed by atoms with Crippen LogP contribution in [0.2, 0.25) is 10.0 Å². The molecule has 3 aromatic carbocycles. The Labute approximate surface area is 254 Å². The van der Waals surface area contributed by atoms with E-state index in [4.69, 9.17) is 23.2 Å². The van der Waals surface area contributed by atoms with Crippen molar-refractivity contribution in [1.29, 1.82) is 0 Å². The lowest BCUT2D eigenvalue weighted by Gasteiger charge is -2.34. The molecule has 3 aromatic rings.